The fourth-order valence-electron chi connectivity index (χ4n) is 4.10. The van der Waals surface area contributed by atoms with Crippen molar-refractivity contribution in [2.24, 2.45) is 5.73 Å². The number of anilines is 1. The molecule has 0 aliphatic rings. The molecule has 5 heteroatoms. The molecule has 0 bridgehead atoms. The SMILES string of the molecule is C=C(C)c1ccc2c(c1)[nH]c1nc(Cc3ccccc3)nc(NCCCCCCCN)c12. The van der Waals surface area contributed by atoms with Crippen molar-refractivity contribution in [2.75, 3.05) is 18.4 Å². The van der Waals surface area contributed by atoms with Gasteiger partial charge in [-0.1, -0.05) is 73.9 Å². The van der Waals surface area contributed by atoms with Crippen LogP contribution in [0.1, 0.15) is 56.0 Å². The van der Waals surface area contributed by atoms with E-state index in [-0.39, 0.29) is 0 Å². The Morgan fingerprint density at radius 3 is 2.56 bits per heavy atom. The number of nitrogens with one attached hydrogen (secondary N) is 2. The maximum atomic E-state index is 5.59. The molecule has 0 aliphatic heterocycles. The maximum absolute atomic E-state index is 5.59. The summed E-state index contributed by atoms with van der Waals surface area (Å²) in [6.45, 7) is 7.80. The Hall–Kier alpha value is -3.18. The zero-order valence-electron chi connectivity index (χ0n) is 19.0. The van der Waals surface area contributed by atoms with Crippen LogP contribution in [0.15, 0.2) is 55.1 Å². The van der Waals surface area contributed by atoms with Gasteiger partial charge in [-0.3, -0.25) is 0 Å². The largest absolute Gasteiger partial charge is 0.369 e. The highest BCUT2D eigenvalue weighted by Crippen LogP contribution is 2.31. The third kappa shape index (κ3) is 5.17. The Morgan fingerprint density at radius 2 is 1.78 bits per heavy atom. The van der Waals surface area contributed by atoms with Gasteiger partial charge in [0.05, 0.1) is 5.39 Å². The van der Waals surface area contributed by atoms with Crippen molar-refractivity contribution in [3.8, 4) is 0 Å². The van der Waals surface area contributed by atoms with Crippen molar-refractivity contribution in [2.45, 2.75) is 45.4 Å². The van der Waals surface area contributed by atoms with Crippen molar-refractivity contribution in [1.29, 1.82) is 0 Å². The van der Waals surface area contributed by atoms with E-state index in [1.807, 2.05) is 13.0 Å². The van der Waals surface area contributed by atoms with Gasteiger partial charge < -0.3 is 16.0 Å². The van der Waals surface area contributed by atoms with E-state index in [9.17, 15) is 0 Å². The molecule has 2 heterocycles. The number of nitrogens with zero attached hydrogens (tertiary/aromatic N) is 2. The topological polar surface area (TPSA) is 79.6 Å². The summed E-state index contributed by atoms with van der Waals surface area (Å²) in [5.74, 6) is 1.73. The summed E-state index contributed by atoms with van der Waals surface area (Å²) in [6.07, 6.45) is 6.58. The minimum Gasteiger partial charge on any atom is -0.369 e. The molecular weight excluding hydrogens is 394 g/mol. The second kappa shape index (κ2) is 10.4. The first-order valence-electron chi connectivity index (χ1n) is 11.6. The van der Waals surface area contributed by atoms with Gasteiger partial charge in [-0.15, -0.1) is 0 Å². The molecule has 0 saturated heterocycles. The summed E-state index contributed by atoms with van der Waals surface area (Å²) in [6, 6.07) is 16.8. The second-order valence-corrected chi connectivity index (χ2v) is 8.52. The molecule has 4 rings (SSSR count). The molecule has 0 atom stereocenters. The fourth-order valence-corrected chi connectivity index (χ4v) is 4.10. The Morgan fingerprint density at radius 1 is 1.00 bits per heavy atom. The number of hydrogen-bond acceptors (Lipinski definition) is 4. The highest BCUT2D eigenvalue weighted by atomic mass is 15.1. The first-order valence-corrected chi connectivity index (χ1v) is 11.6. The fraction of sp³-hybridized carbons (Fsp3) is 0.333. The third-order valence-corrected chi connectivity index (χ3v) is 5.87. The zero-order chi connectivity index (χ0) is 22.3. The number of H-pyrrole nitrogens is 1. The number of nitrogens with two attached hydrogens (primary N) is 1. The second-order valence-electron chi connectivity index (χ2n) is 8.52. The molecule has 0 aliphatic carbocycles. The van der Waals surface area contributed by atoms with Crippen molar-refractivity contribution >= 4 is 33.3 Å². The lowest BCUT2D eigenvalue weighted by Gasteiger charge is -2.10. The van der Waals surface area contributed by atoms with E-state index in [0.717, 1.165) is 70.6 Å². The summed E-state index contributed by atoms with van der Waals surface area (Å²) in [4.78, 5) is 13.3. The lowest BCUT2D eigenvalue weighted by atomic mass is 10.1. The predicted molar refractivity (Wildman–Crippen MR) is 136 cm³/mol. The van der Waals surface area contributed by atoms with Crippen LogP contribution in [0.2, 0.25) is 0 Å². The van der Waals surface area contributed by atoms with Gasteiger partial charge >= 0.3 is 0 Å². The number of hydrogen-bond donors (Lipinski definition) is 3. The minimum absolute atomic E-state index is 0.705. The lowest BCUT2D eigenvalue weighted by Crippen LogP contribution is -2.07. The van der Waals surface area contributed by atoms with Gasteiger partial charge in [-0.25, -0.2) is 9.97 Å². The minimum atomic E-state index is 0.705. The molecule has 32 heavy (non-hydrogen) atoms. The maximum Gasteiger partial charge on any atom is 0.144 e. The highest BCUT2D eigenvalue weighted by molar-refractivity contribution is 6.11. The summed E-state index contributed by atoms with van der Waals surface area (Å²) < 4.78 is 0. The number of allylic oxidation sites excluding steroid dienone is 1. The van der Waals surface area contributed by atoms with Gasteiger partial charge in [-0.2, -0.15) is 0 Å². The summed E-state index contributed by atoms with van der Waals surface area (Å²) in [7, 11) is 0. The van der Waals surface area contributed by atoms with E-state index in [0.29, 0.717) is 6.42 Å². The Kier molecular flexibility index (Phi) is 7.17. The average Bonchev–Trinajstić information content (AvgIpc) is 3.16. The Bertz CT molecular complexity index is 1190. The van der Waals surface area contributed by atoms with Crippen LogP contribution in [0.5, 0.6) is 0 Å². The highest BCUT2D eigenvalue weighted by Gasteiger charge is 2.14. The standard InChI is InChI=1S/C27H33N5/c1-19(2)21-13-14-22-23(18-21)30-27-25(22)26(29-16-10-5-3-4-9-15-28)31-24(32-27)17-20-11-7-6-8-12-20/h6-8,11-14,18H,1,3-5,9-10,15-17,28H2,2H3,(H2,29,30,31,32). The summed E-state index contributed by atoms with van der Waals surface area (Å²) in [5, 5.41) is 5.81. The van der Waals surface area contributed by atoms with Gasteiger partial charge in [0.1, 0.15) is 17.3 Å². The van der Waals surface area contributed by atoms with E-state index in [2.05, 4.69) is 59.3 Å². The van der Waals surface area contributed by atoms with E-state index in [1.54, 1.807) is 0 Å². The average molecular weight is 428 g/mol. The van der Waals surface area contributed by atoms with Gasteiger partial charge in [0, 0.05) is 23.9 Å². The van der Waals surface area contributed by atoms with E-state index in [1.165, 1.54) is 24.8 Å². The molecule has 0 fully saturated rings. The van der Waals surface area contributed by atoms with Crippen molar-refractivity contribution in [3.05, 3.63) is 72.1 Å². The molecule has 0 saturated carbocycles. The molecule has 5 nitrogen and oxygen atoms in total. The van der Waals surface area contributed by atoms with Gasteiger partial charge in [0.25, 0.3) is 0 Å². The van der Waals surface area contributed by atoms with Gasteiger partial charge in [0.15, 0.2) is 0 Å². The van der Waals surface area contributed by atoms with Crippen LogP contribution in [0.4, 0.5) is 5.82 Å². The predicted octanol–water partition coefficient (Wildman–Crippen LogP) is 6.06. The number of benzene rings is 2. The monoisotopic (exact) mass is 427 g/mol. The van der Waals surface area contributed by atoms with Crippen LogP contribution in [0.3, 0.4) is 0 Å². The van der Waals surface area contributed by atoms with E-state index < -0.39 is 0 Å². The summed E-state index contributed by atoms with van der Waals surface area (Å²) in [5.41, 5.74) is 10.9. The van der Waals surface area contributed by atoms with Crippen molar-refractivity contribution in [3.63, 3.8) is 0 Å². The number of fused-ring (bicyclic) bond motifs is 3. The van der Waals surface area contributed by atoms with Gasteiger partial charge in [-0.05, 0) is 43.5 Å². The van der Waals surface area contributed by atoms with Crippen LogP contribution in [0.25, 0.3) is 27.5 Å². The number of rotatable bonds is 11. The first-order chi connectivity index (χ1) is 15.7. The van der Waals surface area contributed by atoms with Crippen LogP contribution in [-0.2, 0) is 6.42 Å². The first kappa shape index (κ1) is 22.0. The normalized spacial score (nSPS) is 11.3. The number of aromatic amines is 1. The zero-order valence-corrected chi connectivity index (χ0v) is 19.0. The van der Waals surface area contributed by atoms with Crippen molar-refractivity contribution < 1.29 is 0 Å². The van der Waals surface area contributed by atoms with Crippen LogP contribution in [0, 0.1) is 0 Å². The van der Waals surface area contributed by atoms with Crippen LogP contribution < -0.4 is 11.1 Å². The molecule has 0 amide bonds. The number of aromatic nitrogens is 3. The molecule has 0 spiro atoms. The Balaban J connectivity index is 1.63. The molecule has 166 valence electrons. The molecule has 2 aromatic heterocycles. The quantitative estimate of drug-likeness (QED) is 0.254. The molecule has 2 aromatic carbocycles. The molecule has 4 N–H and O–H groups in total. The third-order valence-electron chi connectivity index (χ3n) is 5.87. The number of unbranched alkanes of at least 4 members (excludes halogenated alkanes) is 4. The van der Waals surface area contributed by atoms with Gasteiger partial charge in [0.2, 0.25) is 0 Å². The smallest absolute Gasteiger partial charge is 0.144 e. The van der Waals surface area contributed by atoms with Crippen LogP contribution >= 0.6 is 0 Å². The molecule has 0 radical (unpaired) electrons. The van der Waals surface area contributed by atoms with E-state index >= 15 is 0 Å². The van der Waals surface area contributed by atoms with Crippen molar-refractivity contribution in [1.82, 2.24) is 15.0 Å². The molecular formula is C27H33N5. The summed E-state index contributed by atoms with van der Waals surface area (Å²) >= 11 is 0. The van der Waals surface area contributed by atoms with Crippen LogP contribution in [-0.4, -0.2) is 28.0 Å². The lowest BCUT2D eigenvalue weighted by molar-refractivity contribution is 0.629. The molecule has 0 unspecified atom stereocenters. The Labute approximate surface area is 190 Å². The van der Waals surface area contributed by atoms with E-state index in [4.69, 9.17) is 15.7 Å². The molecule has 4 aromatic rings.